The summed E-state index contributed by atoms with van der Waals surface area (Å²) in [6.07, 6.45) is 8.02. The van der Waals surface area contributed by atoms with Crippen LogP contribution in [0, 0.1) is 23.7 Å². The summed E-state index contributed by atoms with van der Waals surface area (Å²) in [4.78, 5) is 22.8. The quantitative estimate of drug-likeness (QED) is 0.658. The van der Waals surface area contributed by atoms with Crippen molar-refractivity contribution >= 4 is 12.0 Å². The second-order valence-electron chi connectivity index (χ2n) is 5.01. The van der Waals surface area contributed by atoms with Crippen LogP contribution in [0.3, 0.4) is 0 Å². The average Bonchev–Trinajstić information content (AvgIpc) is 2.35. The molecule has 0 unspecified atom stereocenters. The molecule has 2 amide bonds. The summed E-state index contributed by atoms with van der Waals surface area (Å²) in [5.41, 5.74) is -0.819. The van der Waals surface area contributed by atoms with Gasteiger partial charge in [0, 0.05) is 6.54 Å². The van der Waals surface area contributed by atoms with Crippen LogP contribution in [0.25, 0.3) is 0 Å². The Morgan fingerprint density at radius 2 is 2.00 bits per heavy atom. The molecule has 0 aromatic heterocycles. The van der Waals surface area contributed by atoms with E-state index in [-0.39, 0.29) is 13.1 Å². The largest absolute Gasteiger partial charge is 0.481 e. The van der Waals surface area contributed by atoms with Gasteiger partial charge in [0.05, 0.1) is 12.0 Å². The molecule has 0 heterocycles. The number of carboxylic acid groups (broad SMARTS) is 1. The minimum Gasteiger partial charge on any atom is -0.481 e. The predicted molar refractivity (Wildman–Crippen MR) is 67.9 cm³/mol. The lowest BCUT2D eigenvalue weighted by atomic mass is 9.71. The molecular weight excluding hydrogens is 232 g/mol. The first-order valence-corrected chi connectivity index (χ1v) is 6.19. The van der Waals surface area contributed by atoms with Crippen LogP contribution in [0.1, 0.15) is 32.6 Å². The zero-order chi connectivity index (χ0) is 13.6. The van der Waals surface area contributed by atoms with Crippen molar-refractivity contribution < 1.29 is 14.7 Å². The van der Waals surface area contributed by atoms with Gasteiger partial charge in [0.25, 0.3) is 0 Å². The lowest BCUT2D eigenvalue weighted by Gasteiger charge is -2.35. The van der Waals surface area contributed by atoms with E-state index in [0.717, 1.165) is 12.8 Å². The number of rotatable bonds is 4. The summed E-state index contributed by atoms with van der Waals surface area (Å²) in [5, 5.41) is 14.4. The summed E-state index contributed by atoms with van der Waals surface area (Å²) < 4.78 is 0. The molecule has 0 saturated heterocycles. The zero-order valence-corrected chi connectivity index (χ0v) is 10.7. The Morgan fingerprint density at radius 1 is 1.39 bits per heavy atom. The van der Waals surface area contributed by atoms with E-state index in [2.05, 4.69) is 23.5 Å². The Bertz CT molecular complexity index is 352. The zero-order valence-electron chi connectivity index (χ0n) is 10.7. The van der Waals surface area contributed by atoms with Crippen LogP contribution >= 0.6 is 0 Å². The topological polar surface area (TPSA) is 78.4 Å². The molecule has 0 aliphatic heterocycles. The van der Waals surface area contributed by atoms with Crippen LogP contribution in [0.5, 0.6) is 0 Å². The molecular formula is C13H20N2O3. The first-order valence-electron chi connectivity index (χ1n) is 6.19. The number of urea groups is 1. The lowest BCUT2D eigenvalue weighted by molar-refractivity contribution is -0.151. The number of nitrogens with one attached hydrogen (secondary N) is 2. The van der Waals surface area contributed by atoms with Crippen LogP contribution in [-0.4, -0.2) is 30.2 Å². The maximum atomic E-state index is 11.4. The number of hydrogen-bond acceptors (Lipinski definition) is 2. The molecule has 0 aromatic rings. The van der Waals surface area contributed by atoms with Gasteiger partial charge in [0.1, 0.15) is 0 Å². The van der Waals surface area contributed by atoms with Gasteiger partial charge in [-0.25, -0.2) is 4.79 Å². The van der Waals surface area contributed by atoms with Crippen molar-refractivity contribution in [2.24, 2.45) is 11.3 Å². The van der Waals surface area contributed by atoms with Crippen molar-refractivity contribution in [1.82, 2.24) is 10.6 Å². The van der Waals surface area contributed by atoms with E-state index in [1.807, 2.05) is 0 Å². The van der Waals surface area contributed by atoms with Crippen molar-refractivity contribution in [2.75, 3.05) is 13.1 Å². The highest BCUT2D eigenvalue weighted by Gasteiger charge is 2.41. The SMILES string of the molecule is C#CCNC(=O)NCC1(C(=O)O)CCC(C)CC1. The third-order valence-corrected chi connectivity index (χ3v) is 3.62. The van der Waals surface area contributed by atoms with Gasteiger partial charge in [-0.1, -0.05) is 12.8 Å². The number of carboxylic acids is 1. The Labute approximate surface area is 107 Å². The molecule has 5 heteroatoms. The number of aliphatic carboxylic acids is 1. The Morgan fingerprint density at radius 3 is 2.50 bits per heavy atom. The second kappa shape index (κ2) is 6.29. The first kappa shape index (κ1) is 14.4. The van der Waals surface area contributed by atoms with E-state index in [4.69, 9.17) is 6.42 Å². The van der Waals surface area contributed by atoms with Gasteiger partial charge in [-0.05, 0) is 31.6 Å². The van der Waals surface area contributed by atoms with E-state index in [1.165, 1.54) is 0 Å². The summed E-state index contributed by atoms with van der Waals surface area (Å²) in [5.74, 6) is 2.02. The summed E-state index contributed by atoms with van der Waals surface area (Å²) >= 11 is 0. The van der Waals surface area contributed by atoms with E-state index in [1.54, 1.807) is 0 Å². The highest BCUT2D eigenvalue weighted by Crippen LogP contribution is 2.38. The number of terminal acetylenes is 1. The molecule has 0 spiro atoms. The maximum absolute atomic E-state index is 11.4. The number of carbonyl (C=O) groups is 2. The van der Waals surface area contributed by atoms with Crippen molar-refractivity contribution in [3.05, 3.63) is 0 Å². The molecule has 1 aliphatic rings. The van der Waals surface area contributed by atoms with Crippen LogP contribution in [0.2, 0.25) is 0 Å². The molecule has 0 aromatic carbocycles. The molecule has 0 bridgehead atoms. The molecule has 0 atom stereocenters. The van der Waals surface area contributed by atoms with Crippen LogP contribution in [-0.2, 0) is 4.79 Å². The molecule has 100 valence electrons. The smallest absolute Gasteiger partial charge is 0.315 e. The van der Waals surface area contributed by atoms with Gasteiger partial charge in [0.2, 0.25) is 0 Å². The van der Waals surface area contributed by atoms with Gasteiger partial charge < -0.3 is 15.7 Å². The molecule has 1 rings (SSSR count). The fraction of sp³-hybridized carbons (Fsp3) is 0.692. The third-order valence-electron chi connectivity index (χ3n) is 3.62. The van der Waals surface area contributed by atoms with Crippen molar-refractivity contribution in [2.45, 2.75) is 32.6 Å². The van der Waals surface area contributed by atoms with Crippen LogP contribution < -0.4 is 10.6 Å². The second-order valence-corrected chi connectivity index (χ2v) is 5.01. The summed E-state index contributed by atoms with van der Waals surface area (Å²) in [6, 6.07) is -0.410. The van der Waals surface area contributed by atoms with E-state index in [0.29, 0.717) is 18.8 Å². The van der Waals surface area contributed by atoms with Gasteiger partial charge in [0.15, 0.2) is 0 Å². The van der Waals surface area contributed by atoms with Crippen molar-refractivity contribution in [1.29, 1.82) is 0 Å². The Balaban J connectivity index is 2.51. The fourth-order valence-corrected chi connectivity index (χ4v) is 2.22. The lowest BCUT2D eigenvalue weighted by Crippen LogP contribution is -2.47. The summed E-state index contributed by atoms with van der Waals surface area (Å²) in [7, 11) is 0. The maximum Gasteiger partial charge on any atom is 0.315 e. The van der Waals surface area contributed by atoms with Gasteiger partial charge in [-0.3, -0.25) is 4.79 Å². The first-order chi connectivity index (χ1) is 8.50. The number of carbonyl (C=O) groups excluding carboxylic acids is 1. The van der Waals surface area contributed by atoms with E-state index >= 15 is 0 Å². The Kier molecular flexibility index (Phi) is 5.02. The Hall–Kier alpha value is -1.70. The number of amides is 2. The molecule has 0 radical (unpaired) electrons. The highest BCUT2D eigenvalue weighted by atomic mass is 16.4. The fourth-order valence-electron chi connectivity index (χ4n) is 2.22. The monoisotopic (exact) mass is 252 g/mol. The number of hydrogen-bond donors (Lipinski definition) is 3. The highest BCUT2D eigenvalue weighted by molar-refractivity contribution is 5.78. The average molecular weight is 252 g/mol. The molecule has 1 aliphatic carbocycles. The normalized spacial score (nSPS) is 27.0. The molecule has 18 heavy (non-hydrogen) atoms. The minimum absolute atomic E-state index is 0.142. The van der Waals surface area contributed by atoms with Crippen LogP contribution in [0.4, 0.5) is 4.79 Å². The summed E-state index contributed by atoms with van der Waals surface area (Å²) in [6.45, 7) is 2.42. The standard InChI is InChI=1S/C13H20N2O3/c1-3-8-14-12(18)15-9-13(11(16)17)6-4-10(2)5-7-13/h1,10H,4-9H2,2H3,(H,16,17)(H2,14,15,18). The molecule has 1 fully saturated rings. The van der Waals surface area contributed by atoms with E-state index < -0.39 is 17.4 Å². The van der Waals surface area contributed by atoms with E-state index in [9.17, 15) is 14.7 Å². The van der Waals surface area contributed by atoms with Crippen molar-refractivity contribution in [3.63, 3.8) is 0 Å². The van der Waals surface area contributed by atoms with Gasteiger partial charge in [-0.15, -0.1) is 6.42 Å². The van der Waals surface area contributed by atoms with Crippen molar-refractivity contribution in [3.8, 4) is 12.3 Å². The van der Waals surface area contributed by atoms with Gasteiger partial charge in [-0.2, -0.15) is 0 Å². The molecule has 3 N–H and O–H groups in total. The van der Waals surface area contributed by atoms with Gasteiger partial charge >= 0.3 is 12.0 Å². The molecule has 1 saturated carbocycles. The molecule has 5 nitrogen and oxygen atoms in total. The minimum atomic E-state index is -0.827. The third kappa shape index (κ3) is 3.66. The predicted octanol–water partition coefficient (Wildman–Crippen LogP) is 1.20. The van der Waals surface area contributed by atoms with Crippen LogP contribution in [0.15, 0.2) is 0 Å².